The molecule has 0 radical (unpaired) electrons. The van der Waals surface area contributed by atoms with E-state index >= 15 is 0 Å². The van der Waals surface area contributed by atoms with Gasteiger partial charge in [0.1, 0.15) is 12.3 Å². The summed E-state index contributed by atoms with van der Waals surface area (Å²) < 4.78 is 38.2. The molecular weight excluding hydrogens is 500 g/mol. The van der Waals surface area contributed by atoms with Gasteiger partial charge < -0.3 is 9.47 Å². The minimum absolute atomic E-state index is 0.0221. The number of amides is 1. The van der Waals surface area contributed by atoms with Crippen molar-refractivity contribution < 1.29 is 27.6 Å². The number of sulfonamides is 1. The van der Waals surface area contributed by atoms with E-state index in [0.29, 0.717) is 17.9 Å². The number of carbonyl (C=O) groups excluding carboxylic acids is 1. The van der Waals surface area contributed by atoms with Crippen molar-refractivity contribution in [2.75, 3.05) is 24.6 Å². The van der Waals surface area contributed by atoms with E-state index in [4.69, 9.17) is 9.47 Å². The summed E-state index contributed by atoms with van der Waals surface area (Å²) in [4.78, 5) is 23.3. The van der Waals surface area contributed by atoms with E-state index < -0.39 is 27.4 Å². The lowest BCUT2D eigenvalue weighted by molar-refractivity contribution is -0.385. The van der Waals surface area contributed by atoms with Gasteiger partial charge in [-0.3, -0.25) is 19.2 Å². The van der Waals surface area contributed by atoms with E-state index in [2.05, 4.69) is 10.5 Å². The predicted molar refractivity (Wildman–Crippen MR) is 139 cm³/mol. The smallest absolute Gasteiger partial charge is 0.311 e. The molecule has 0 bridgehead atoms. The Kier molecular flexibility index (Phi) is 8.80. The van der Waals surface area contributed by atoms with Gasteiger partial charge in [0, 0.05) is 11.6 Å². The van der Waals surface area contributed by atoms with Crippen LogP contribution in [0.4, 0.5) is 11.4 Å². The zero-order valence-electron chi connectivity index (χ0n) is 20.5. The highest BCUT2D eigenvalue weighted by atomic mass is 32.2. The molecule has 12 heteroatoms. The van der Waals surface area contributed by atoms with E-state index in [1.807, 2.05) is 13.8 Å². The molecule has 1 N–H and O–H groups in total. The lowest BCUT2D eigenvalue weighted by Crippen LogP contribution is -2.39. The molecule has 0 aliphatic rings. The summed E-state index contributed by atoms with van der Waals surface area (Å²) in [6, 6.07) is 16.8. The summed E-state index contributed by atoms with van der Waals surface area (Å²) >= 11 is 0. The van der Waals surface area contributed by atoms with Crippen LogP contribution in [0.15, 0.2) is 76.7 Å². The maximum atomic E-state index is 13.4. The Labute approximate surface area is 214 Å². The molecule has 3 aromatic rings. The number of rotatable bonds is 11. The Morgan fingerprint density at radius 3 is 2.38 bits per heavy atom. The first-order valence-corrected chi connectivity index (χ1v) is 12.6. The Bertz CT molecular complexity index is 1390. The molecule has 0 unspecified atom stereocenters. The van der Waals surface area contributed by atoms with Crippen LogP contribution in [0.25, 0.3) is 0 Å². The van der Waals surface area contributed by atoms with Crippen LogP contribution < -0.4 is 19.2 Å². The second-order valence-electron chi connectivity index (χ2n) is 7.73. The van der Waals surface area contributed by atoms with E-state index in [-0.39, 0.29) is 22.0 Å². The number of hydrazone groups is 1. The number of nitro benzene ring substituents is 1. The number of nitro groups is 1. The number of hydrogen-bond acceptors (Lipinski definition) is 8. The molecule has 0 aliphatic carbocycles. The maximum Gasteiger partial charge on any atom is 0.311 e. The second-order valence-corrected chi connectivity index (χ2v) is 9.60. The van der Waals surface area contributed by atoms with Gasteiger partial charge in [-0.1, -0.05) is 17.7 Å². The third kappa shape index (κ3) is 6.82. The summed E-state index contributed by atoms with van der Waals surface area (Å²) in [7, 11) is -2.78. The van der Waals surface area contributed by atoms with Crippen LogP contribution in [-0.4, -0.2) is 45.7 Å². The number of nitrogens with one attached hydrogen (secondary N) is 1. The van der Waals surface area contributed by atoms with E-state index in [1.165, 1.54) is 43.7 Å². The number of carbonyl (C=O) groups is 1. The van der Waals surface area contributed by atoms with E-state index in [0.717, 1.165) is 9.87 Å². The first kappa shape index (κ1) is 27.1. The largest absolute Gasteiger partial charge is 0.494 e. The highest BCUT2D eigenvalue weighted by Crippen LogP contribution is 2.27. The van der Waals surface area contributed by atoms with Crippen LogP contribution in [0.5, 0.6) is 11.5 Å². The van der Waals surface area contributed by atoms with Crippen molar-refractivity contribution >= 4 is 33.5 Å². The maximum absolute atomic E-state index is 13.4. The van der Waals surface area contributed by atoms with E-state index in [1.54, 1.807) is 36.4 Å². The summed E-state index contributed by atoms with van der Waals surface area (Å²) in [5.41, 5.74) is 3.49. The fraction of sp³-hybridized carbons (Fsp3) is 0.200. The summed E-state index contributed by atoms with van der Waals surface area (Å²) in [5.74, 6) is -0.0797. The molecule has 0 saturated heterocycles. The summed E-state index contributed by atoms with van der Waals surface area (Å²) in [6.45, 7) is 3.55. The first-order valence-electron chi connectivity index (χ1n) is 11.1. The molecule has 0 spiro atoms. The SMILES string of the molecule is CCOc1ccc(N(CC(=O)N/N=C\c2ccc(OC)c([N+](=O)[O-])c2)S(=O)(=O)c2ccc(C)cc2)cc1. The molecule has 37 heavy (non-hydrogen) atoms. The van der Waals surface area contributed by atoms with Gasteiger partial charge >= 0.3 is 5.69 Å². The third-order valence-corrected chi connectivity index (χ3v) is 6.92. The predicted octanol–water partition coefficient (Wildman–Crippen LogP) is 3.66. The van der Waals surface area contributed by atoms with Crippen LogP contribution in [0.2, 0.25) is 0 Å². The molecule has 0 atom stereocenters. The number of hydrogen-bond donors (Lipinski definition) is 1. The molecule has 0 heterocycles. The molecule has 1 amide bonds. The average Bonchev–Trinajstić information content (AvgIpc) is 2.88. The third-order valence-electron chi connectivity index (χ3n) is 5.13. The minimum Gasteiger partial charge on any atom is -0.494 e. The molecule has 3 aromatic carbocycles. The number of aryl methyl sites for hydroxylation is 1. The van der Waals surface area contributed by atoms with Crippen LogP contribution in [0.1, 0.15) is 18.1 Å². The number of methoxy groups -OCH3 is 1. The van der Waals surface area contributed by atoms with Crippen LogP contribution >= 0.6 is 0 Å². The molecule has 0 fully saturated rings. The fourth-order valence-corrected chi connectivity index (χ4v) is 4.72. The Hall–Kier alpha value is -4.45. The van der Waals surface area contributed by atoms with Gasteiger partial charge in [0.05, 0.1) is 35.4 Å². The van der Waals surface area contributed by atoms with Gasteiger partial charge in [0.2, 0.25) is 0 Å². The second kappa shape index (κ2) is 12.0. The van der Waals surface area contributed by atoms with Gasteiger partial charge in [0.15, 0.2) is 5.75 Å². The van der Waals surface area contributed by atoms with Gasteiger partial charge in [-0.05, 0) is 62.4 Å². The highest BCUT2D eigenvalue weighted by Gasteiger charge is 2.27. The average molecular weight is 527 g/mol. The number of nitrogens with zero attached hydrogens (tertiary/aromatic N) is 3. The number of anilines is 1. The quantitative estimate of drug-likeness (QED) is 0.228. The molecule has 3 rings (SSSR count). The van der Waals surface area contributed by atoms with Crippen molar-refractivity contribution in [2.45, 2.75) is 18.7 Å². The van der Waals surface area contributed by atoms with Crippen molar-refractivity contribution in [3.63, 3.8) is 0 Å². The zero-order chi connectivity index (χ0) is 27.0. The fourth-order valence-electron chi connectivity index (χ4n) is 3.30. The Balaban J connectivity index is 1.83. The normalized spacial score (nSPS) is 11.2. The zero-order valence-corrected chi connectivity index (χ0v) is 21.3. The summed E-state index contributed by atoms with van der Waals surface area (Å²) in [6.07, 6.45) is 1.21. The van der Waals surface area contributed by atoms with Crippen molar-refractivity contribution in [3.8, 4) is 11.5 Å². The van der Waals surface area contributed by atoms with Crippen molar-refractivity contribution in [2.24, 2.45) is 5.10 Å². The molecule has 194 valence electrons. The van der Waals surface area contributed by atoms with Crippen LogP contribution in [0, 0.1) is 17.0 Å². The number of ether oxygens (including phenoxy) is 2. The first-order chi connectivity index (χ1) is 17.6. The molecule has 0 aliphatic heterocycles. The van der Waals surface area contributed by atoms with Crippen molar-refractivity contribution in [3.05, 3.63) is 88.0 Å². The van der Waals surface area contributed by atoms with Gasteiger partial charge in [-0.25, -0.2) is 13.8 Å². The van der Waals surface area contributed by atoms with Gasteiger partial charge in [-0.2, -0.15) is 5.10 Å². The Morgan fingerprint density at radius 2 is 1.78 bits per heavy atom. The summed E-state index contributed by atoms with van der Waals surface area (Å²) in [5, 5.41) is 15.0. The van der Waals surface area contributed by atoms with Crippen LogP contribution in [-0.2, 0) is 14.8 Å². The molecule has 0 saturated carbocycles. The number of benzene rings is 3. The monoisotopic (exact) mass is 526 g/mol. The van der Waals surface area contributed by atoms with Crippen LogP contribution in [0.3, 0.4) is 0 Å². The standard InChI is InChI=1S/C25H26N4O7S/c1-4-36-21-10-8-20(9-11-21)28(37(33,34)22-12-5-18(2)6-13-22)17-25(30)27-26-16-19-7-14-24(35-3)23(15-19)29(31)32/h5-16H,4,17H2,1-3H3,(H,27,30)/b26-16-. The minimum atomic E-state index is -4.10. The van der Waals surface area contributed by atoms with Gasteiger partial charge in [-0.15, -0.1) is 0 Å². The van der Waals surface area contributed by atoms with Crippen molar-refractivity contribution in [1.29, 1.82) is 0 Å². The molecule has 11 nitrogen and oxygen atoms in total. The Morgan fingerprint density at radius 1 is 1.11 bits per heavy atom. The van der Waals surface area contributed by atoms with Crippen molar-refractivity contribution in [1.82, 2.24) is 5.43 Å². The van der Waals surface area contributed by atoms with E-state index in [9.17, 15) is 23.3 Å². The lowest BCUT2D eigenvalue weighted by Gasteiger charge is -2.24. The molecular formula is C25H26N4O7S. The topological polar surface area (TPSA) is 140 Å². The lowest BCUT2D eigenvalue weighted by atomic mass is 10.2. The molecule has 0 aromatic heterocycles. The van der Waals surface area contributed by atoms with Gasteiger partial charge in [0.25, 0.3) is 15.9 Å². The highest BCUT2D eigenvalue weighted by molar-refractivity contribution is 7.92.